The summed E-state index contributed by atoms with van der Waals surface area (Å²) in [5.41, 5.74) is 13.1. The molecule has 1 aromatic carbocycles. The topological polar surface area (TPSA) is 159 Å². The average Bonchev–Trinajstić information content (AvgIpc) is 3.30. The van der Waals surface area contributed by atoms with E-state index in [1.165, 1.54) is 0 Å². The van der Waals surface area contributed by atoms with Crippen LogP contribution in [0.4, 0.5) is 5.95 Å². The molecule has 2 aliphatic rings. The number of fused-ring (bicyclic) bond motifs is 1. The molecule has 0 amide bonds. The number of nitrogens with two attached hydrogens (primary N) is 2. The summed E-state index contributed by atoms with van der Waals surface area (Å²) in [6.45, 7) is 4.53. The summed E-state index contributed by atoms with van der Waals surface area (Å²) in [7, 11) is 0. The van der Waals surface area contributed by atoms with Crippen LogP contribution in [0.2, 0.25) is 0 Å². The Morgan fingerprint density at radius 1 is 1.06 bits per heavy atom. The highest BCUT2D eigenvalue weighted by molar-refractivity contribution is 5.74. The molecule has 1 aliphatic heterocycles. The fourth-order valence-electron chi connectivity index (χ4n) is 3.79. The molecular weight excluding hydrogens is 420 g/mol. The number of carboxylic acid groups (broad SMARTS) is 1. The molecule has 2 fully saturated rings. The first-order valence-electron chi connectivity index (χ1n) is 11.4. The van der Waals surface area contributed by atoms with Crippen molar-refractivity contribution in [2.75, 3.05) is 31.1 Å². The Kier molecular flexibility index (Phi) is 9.55. The predicted molar refractivity (Wildman–Crippen MR) is 129 cm³/mol. The Bertz CT molecular complexity index is 934. The number of anilines is 1. The Balaban J connectivity index is 0.000000140. The van der Waals surface area contributed by atoms with Crippen molar-refractivity contribution in [3.63, 3.8) is 0 Å². The maximum atomic E-state index is 10.4. The number of carboxylic acids is 1. The van der Waals surface area contributed by atoms with Gasteiger partial charge in [0.15, 0.2) is 0 Å². The van der Waals surface area contributed by atoms with Gasteiger partial charge in [0, 0.05) is 44.6 Å². The number of aromatic amines is 1. The molecule has 10 nitrogen and oxygen atoms in total. The number of piperazine rings is 1. The Morgan fingerprint density at radius 2 is 1.73 bits per heavy atom. The normalized spacial score (nSPS) is 20.2. The van der Waals surface area contributed by atoms with E-state index in [0.29, 0.717) is 6.54 Å². The van der Waals surface area contributed by atoms with E-state index in [9.17, 15) is 4.79 Å². The lowest BCUT2D eigenvalue weighted by molar-refractivity contribution is -0.142. The van der Waals surface area contributed by atoms with Crippen molar-refractivity contribution < 1.29 is 9.90 Å². The van der Waals surface area contributed by atoms with Crippen LogP contribution in [0.25, 0.3) is 11.0 Å². The first-order chi connectivity index (χ1) is 16.1. The van der Waals surface area contributed by atoms with Crippen molar-refractivity contribution >= 4 is 23.0 Å². The highest BCUT2D eigenvalue weighted by Crippen LogP contribution is 2.22. The van der Waals surface area contributed by atoms with Crippen molar-refractivity contribution in [3.8, 4) is 0 Å². The van der Waals surface area contributed by atoms with Crippen molar-refractivity contribution in [3.05, 3.63) is 48.5 Å². The number of hydrogen-bond donors (Lipinski definition) is 5. The van der Waals surface area contributed by atoms with Gasteiger partial charge in [0.2, 0.25) is 5.95 Å². The summed E-state index contributed by atoms with van der Waals surface area (Å²) in [5.74, 6) is 0.900. The number of rotatable bonds is 3. The molecule has 178 valence electrons. The molecule has 0 bridgehead atoms. The fourth-order valence-corrected chi connectivity index (χ4v) is 3.79. The van der Waals surface area contributed by atoms with Crippen LogP contribution in [-0.2, 0) is 11.3 Å². The van der Waals surface area contributed by atoms with Gasteiger partial charge in [0.25, 0.3) is 0 Å². The number of carbonyl (C=O) groups is 1. The molecule has 0 radical (unpaired) electrons. The minimum absolute atomic E-state index is 0.125. The van der Waals surface area contributed by atoms with E-state index in [2.05, 4.69) is 30.2 Å². The number of para-hydroxylation sites is 2. The number of aliphatic carboxylic acids is 1. The van der Waals surface area contributed by atoms with E-state index in [1.54, 1.807) is 12.4 Å². The Labute approximate surface area is 193 Å². The number of hydrogen-bond acceptors (Lipinski definition) is 8. The number of aromatic nitrogens is 4. The van der Waals surface area contributed by atoms with Crippen LogP contribution in [0.15, 0.2) is 42.7 Å². The third-order valence-corrected chi connectivity index (χ3v) is 5.70. The largest absolute Gasteiger partial charge is 0.481 e. The van der Waals surface area contributed by atoms with E-state index in [1.807, 2.05) is 30.3 Å². The van der Waals surface area contributed by atoms with Crippen LogP contribution < -0.4 is 21.7 Å². The molecule has 0 atom stereocenters. The summed E-state index contributed by atoms with van der Waals surface area (Å²) < 4.78 is 0. The monoisotopic (exact) mass is 454 g/mol. The van der Waals surface area contributed by atoms with Gasteiger partial charge >= 0.3 is 5.97 Å². The first kappa shape index (κ1) is 24.6. The molecular formula is C23H34N8O2. The third-order valence-electron chi connectivity index (χ3n) is 5.70. The molecule has 1 aliphatic carbocycles. The maximum absolute atomic E-state index is 10.4. The van der Waals surface area contributed by atoms with Crippen molar-refractivity contribution in [2.45, 2.75) is 38.3 Å². The van der Waals surface area contributed by atoms with Gasteiger partial charge in [-0.15, -0.1) is 0 Å². The summed E-state index contributed by atoms with van der Waals surface area (Å²) in [4.78, 5) is 28.3. The zero-order chi connectivity index (χ0) is 23.5. The quantitative estimate of drug-likeness (QED) is 0.395. The van der Waals surface area contributed by atoms with Gasteiger partial charge < -0.3 is 31.8 Å². The van der Waals surface area contributed by atoms with Crippen LogP contribution >= 0.6 is 0 Å². The molecule has 5 rings (SSSR count). The zero-order valence-corrected chi connectivity index (χ0v) is 18.9. The van der Waals surface area contributed by atoms with Gasteiger partial charge in [0.1, 0.15) is 5.82 Å². The zero-order valence-electron chi connectivity index (χ0n) is 18.9. The Hall–Kier alpha value is -3.08. The minimum Gasteiger partial charge on any atom is -0.481 e. The van der Waals surface area contributed by atoms with E-state index in [-0.39, 0.29) is 12.0 Å². The van der Waals surface area contributed by atoms with Crippen molar-refractivity contribution in [1.82, 2.24) is 25.3 Å². The van der Waals surface area contributed by atoms with Crippen LogP contribution in [0.5, 0.6) is 0 Å². The number of benzene rings is 1. The lowest BCUT2D eigenvalue weighted by Crippen LogP contribution is -2.44. The third kappa shape index (κ3) is 7.77. The van der Waals surface area contributed by atoms with Crippen LogP contribution in [0, 0.1) is 5.92 Å². The highest BCUT2D eigenvalue weighted by atomic mass is 16.4. The van der Waals surface area contributed by atoms with Gasteiger partial charge in [-0.2, -0.15) is 0 Å². The number of imidazole rings is 1. The molecule has 0 unspecified atom stereocenters. The summed E-state index contributed by atoms with van der Waals surface area (Å²) in [6, 6.07) is 9.97. The standard InChI is InChI=1S/C8H12N4.C8H9N3.C7H13NO2/c1-2-10-8(11-3-1)12-6-4-9-5-7-12;9-5-8-10-6-3-1-2-4-7(6)11-8;8-6-3-1-5(2-4-6)7(9)10/h1-3,9H,4-7H2;1-4H,5,9H2,(H,10,11);5-6H,1-4,8H2,(H,9,10). The van der Waals surface area contributed by atoms with E-state index < -0.39 is 5.97 Å². The van der Waals surface area contributed by atoms with Gasteiger partial charge in [-0.25, -0.2) is 15.0 Å². The summed E-state index contributed by atoms with van der Waals surface area (Å²) >= 11 is 0. The first-order valence-corrected chi connectivity index (χ1v) is 11.4. The fraction of sp³-hybridized carbons (Fsp3) is 0.478. The lowest BCUT2D eigenvalue weighted by atomic mass is 9.87. The molecule has 3 aromatic rings. The van der Waals surface area contributed by atoms with Gasteiger partial charge in [-0.05, 0) is 43.9 Å². The van der Waals surface area contributed by atoms with Gasteiger partial charge in [0.05, 0.1) is 23.5 Å². The molecule has 7 N–H and O–H groups in total. The molecule has 0 spiro atoms. The van der Waals surface area contributed by atoms with Crippen LogP contribution in [0.3, 0.4) is 0 Å². The maximum Gasteiger partial charge on any atom is 0.306 e. The van der Waals surface area contributed by atoms with Gasteiger partial charge in [-0.3, -0.25) is 4.79 Å². The second kappa shape index (κ2) is 12.8. The highest BCUT2D eigenvalue weighted by Gasteiger charge is 2.23. The molecule has 1 saturated heterocycles. The lowest BCUT2D eigenvalue weighted by Gasteiger charge is -2.26. The Morgan fingerprint density at radius 3 is 2.33 bits per heavy atom. The molecule has 3 heterocycles. The predicted octanol–water partition coefficient (Wildman–Crippen LogP) is 1.50. The van der Waals surface area contributed by atoms with Crippen LogP contribution in [0.1, 0.15) is 31.5 Å². The van der Waals surface area contributed by atoms with E-state index in [4.69, 9.17) is 16.6 Å². The smallest absolute Gasteiger partial charge is 0.306 e. The summed E-state index contributed by atoms with van der Waals surface area (Å²) in [5, 5.41) is 11.9. The van der Waals surface area contributed by atoms with E-state index >= 15 is 0 Å². The molecule has 10 heteroatoms. The van der Waals surface area contributed by atoms with Crippen LogP contribution in [-0.4, -0.2) is 63.2 Å². The van der Waals surface area contributed by atoms with E-state index in [0.717, 1.165) is 74.7 Å². The SMILES string of the molecule is NC1CCC(C(=O)O)CC1.NCc1nc2ccccc2[nH]1.c1cnc(N2CCNCC2)nc1. The van der Waals surface area contributed by atoms with Crippen molar-refractivity contribution in [2.24, 2.45) is 17.4 Å². The minimum atomic E-state index is -0.660. The van der Waals surface area contributed by atoms with Crippen molar-refractivity contribution in [1.29, 1.82) is 0 Å². The number of H-pyrrole nitrogens is 1. The molecule has 1 saturated carbocycles. The summed E-state index contributed by atoms with van der Waals surface area (Å²) in [6.07, 6.45) is 6.83. The number of nitrogens with zero attached hydrogens (tertiary/aromatic N) is 4. The number of nitrogens with one attached hydrogen (secondary N) is 2. The van der Waals surface area contributed by atoms with Gasteiger partial charge in [-0.1, -0.05) is 12.1 Å². The second-order valence-electron chi connectivity index (χ2n) is 8.14. The molecule has 2 aromatic heterocycles. The average molecular weight is 455 g/mol. The molecule has 33 heavy (non-hydrogen) atoms. The second-order valence-corrected chi connectivity index (χ2v) is 8.14.